The molecule has 0 aromatic carbocycles. The summed E-state index contributed by atoms with van der Waals surface area (Å²) in [5, 5.41) is 35.9. The van der Waals surface area contributed by atoms with Gasteiger partial charge in [0, 0.05) is 77.7 Å². The third kappa shape index (κ3) is 39.8. The van der Waals surface area contributed by atoms with Crippen molar-refractivity contribution in [2.45, 2.75) is 205 Å². The first-order chi connectivity index (χ1) is 35.2. The zero-order chi connectivity index (χ0) is 53.7. The van der Waals surface area contributed by atoms with Crippen molar-refractivity contribution in [3.8, 4) is 0 Å². The van der Waals surface area contributed by atoms with Gasteiger partial charge in [0.2, 0.25) is 17.7 Å². The fourth-order valence-corrected chi connectivity index (χ4v) is 8.78. The van der Waals surface area contributed by atoms with Gasteiger partial charge in [-0.2, -0.15) is 0 Å². The van der Waals surface area contributed by atoms with Gasteiger partial charge in [0.15, 0.2) is 11.6 Å². The molecule has 19 nitrogen and oxygen atoms in total. The number of amides is 3. The maximum Gasteiger partial charge on any atom is 0.306 e. The minimum atomic E-state index is -1.19. The zero-order valence-electron chi connectivity index (χ0n) is 44.2. The second-order valence-corrected chi connectivity index (χ2v) is 19.6. The normalized spacial score (nSPS) is 15.2. The highest BCUT2D eigenvalue weighted by atomic mass is 16.5. The van der Waals surface area contributed by atoms with Crippen LogP contribution in [-0.4, -0.2) is 141 Å². The summed E-state index contributed by atoms with van der Waals surface area (Å²) in [6, 6.07) is -1.08. The molecule has 0 heterocycles. The van der Waals surface area contributed by atoms with Gasteiger partial charge < -0.3 is 50.2 Å². The molecule has 19 heteroatoms. The van der Waals surface area contributed by atoms with Gasteiger partial charge in [0.1, 0.15) is 19.0 Å². The number of rotatable bonds is 51. The molecule has 6 N–H and O–H groups in total. The fourth-order valence-electron chi connectivity index (χ4n) is 8.78. The van der Waals surface area contributed by atoms with Crippen molar-refractivity contribution >= 4 is 53.0 Å². The monoisotopic (exact) mass is 1040 g/mol. The lowest BCUT2D eigenvalue weighted by Gasteiger charge is -2.28. The molecular weight excluding hydrogens is 947 g/mol. The Morgan fingerprint density at radius 3 is 1.49 bits per heavy atom. The predicted molar refractivity (Wildman–Crippen MR) is 274 cm³/mol. The highest BCUT2D eigenvalue weighted by molar-refractivity contribution is 5.90. The maximum atomic E-state index is 13.2. The minimum Gasteiger partial charge on any atom is -0.481 e. The van der Waals surface area contributed by atoms with Crippen LogP contribution in [0.3, 0.4) is 0 Å². The molecule has 0 spiro atoms. The molecule has 73 heavy (non-hydrogen) atoms. The van der Waals surface area contributed by atoms with E-state index in [1.165, 1.54) is 71.3 Å². The van der Waals surface area contributed by atoms with Gasteiger partial charge in [-0.15, -0.1) is 0 Å². The summed E-state index contributed by atoms with van der Waals surface area (Å²) in [7, 11) is 1.52. The van der Waals surface area contributed by atoms with Crippen molar-refractivity contribution in [2.24, 2.45) is 17.8 Å². The van der Waals surface area contributed by atoms with Gasteiger partial charge in [-0.05, 0) is 70.1 Å². The quantitative estimate of drug-likeness (QED) is 0.0325. The van der Waals surface area contributed by atoms with Crippen LogP contribution in [-0.2, 0) is 62.1 Å². The van der Waals surface area contributed by atoms with E-state index in [0.717, 1.165) is 51.4 Å². The lowest BCUT2D eigenvalue weighted by Crippen LogP contribution is -2.41. The molecule has 1 fully saturated rings. The van der Waals surface area contributed by atoms with Gasteiger partial charge in [0.05, 0.1) is 38.4 Å². The smallest absolute Gasteiger partial charge is 0.306 e. The number of hydrogen-bond donors (Lipinski definition) is 6. The molecule has 1 rings (SSSR count). The zero-order valence-corrected chi connectivity index (χ0v) is 44.2. The number of carbonyl (C=O) groups is 9. The van der Waals surface area contributed by atoms with Crippen LogP contribution >= 0.6 is 0 Å². The first kappa shape index (κ1) is 66.7. The number of likely N-dealkylation sites (N-methyl/N-ethyl adjacent to an activating group) is 1. The Morgan fingerprint density at radius 1 is 0.479 bits per heavy atom. The van der Waals surface area contributed by atoms with E-state index in [4.69, 9.17) is 24.1 Å². The molecule has 2 atom stereocenters. The number of carboxylic acids is 3. The summed E-state index contributed by atoms with van der Waals surface area (Å²) < 4.78 is 21.3. The maximum absolute atomic E-state index is 13.2. The van der Waals surface area contributed by atoms with E-state index >= 15 is 0 Å². The molecule has 1 saturated carbocycles. The molecule has 420 valence electrons. The van der Waals surface area contributed by atoms with Crippen molar-refractivity contribution < 1.29 is 77.4 Å². The molecule has 0 radical (unpaired) electrons. The summed E-state index contributed by atoms with van der Waals surface area (Å²) in [4.78, 5) is 109. The first-order valence-corrected chi connectivity index (χ1v) is 27.5. The molecular formula is C54H93N3O16. The second-order valence-electron chi connectivity index (χ2n) is 19.6. The van der Waals surface area contributed by atoms with E-state index in [1.807, 2.05) is 0 Å². The average Bonchev–Trinajstić information content (AvgIpc) is 3.36. The van der Waals surface area contributed by atoms with Gasteiger partial charge in [0.25, 0.3) is 0 Å². The molecule has 2 unspecified atom stereocenters. The fraction of sp³-hybridized carbons (Fsp3) is 0.833. The Kier molecular flexibility index (Phi) is 41.2. The van der Waals surface area contributed by atoms with E-state index in [2.05, 4.69) is 16.0 Å². The number of carbonyl (C=O) groups excluding carboxylic acids is 6. The Balaban J connectivity index is 2.20. The van der Waals surface area contributed by atoms with Crippen molar-refractivity contribution in [3.05, 3.63) is 0 Å². The Bertz CT molecular complexity index is 1570. The van der Waals surface area contributed by atoms with Crippen molar-refractivity contribution in [3.63, 3.8) is 0 Å². The number of hydrogen-bond acceptors (Lipinski definition) is 13. The van der Waals surface area contributed by atoms with Crippen LogP contribution in [0.25, 0.3) is 0 Å². The van der Waals surface area contributed by atoms with Gasteiger partial charge in [-0.1, -0.05) is 89.9 Å². The van der Waals surface area contributed by atoms with Crippen LogP contribution < -0.4 is 16.0 Å². The summed E-state index contributed by atoms with van der Waals surface area (Å²) in [6.07, 6.45) is 22.0. The molecule has 0 bridgehead atoms. The SMILES string of the molecule is CNC(=O)COCCOCCCC(=O)COCCOCCCC(=O)C(CCC(=O)O)NC(=O)CCC(CC(=O)C1CCC(CNC(=O)CCCCCCCCCCCCCCCCCCC(=O)O)CC1)C(=O)O. The predicted octanol–water partition coefficient (Wildman–Crippen LogP) is 7.32. The highest BCUT2D eigenvalue weighted by Crippen LogP contribution is 2.31. The average molecular weight is 1040 g/mol. The van der Waals surface area contributed by atoms with Crippen molar-refractivity contribution in [2.75, 3.05) is 66.4 Å². The lowest BCUT2D eigenvalue weighted by atomic mass is 9.78. The highest BCUT2D eigenvalue weighted by Gasteiger charge is 2.31. The van der Waals surface area contributed by atoms with Crippen molar-refractivity contribution in [1.82, 2.24) is 16.0 Å². The Labute approximate surface area is 434 Å². The molecule has 3 amide bonds. The van der Waals surface area contributed by atoms with E-state index in [1.54, 1.807) is 0 Å². The van der Waals surface area contributed by atoms with Crippen LogP contribution in [0, 0.1) is 17.8 Å². The van der Waals surface area contributed by atoms with E-state index in [9.17, 15) is 53.4 Å². The van der Waals surface area contributed by atoms with Crippen LogP contribution in [0.1, 0.15) is 199 Å². The number of Topliss-reactive ketones (excluding diaryl/α,β-unsaturated/α-hetero) is 3. The minimum absolute atomic E-state index is 0.000444. The standard InChI is InChI=1S/C54H93N3O16/c1-55-51(63)41-73-37-35-70-32-18-20-45(58)40-72-36-34-71-33-19-21-47(59)46(29-31-53(66)67)57-50(62)30-28-44(54(68)69)38-48(60)43-26-24-42(25-27-43)39-56-49(61)22-16-14-12-10-8-6-4-2-3-5-7-9-11-13-15-17-23-52(64)65/h42-44,46H,2-41H2,1H3,(H,55,63)(H,56,61)(H,57,62)(H,64,65)(H,66,67)(H,68,69). The van der Waals surface area contributed by atoms with Gasteiger partial charge in [-0.25, -0.2) is 0 Å². The number of aliphatic carboxylic acids is 3. The van der Waals surface area contributed by atoms with E-state index in [-0.39, 0.29) is 132 Å². The summed E-state index contributed by atoms with van der Waals surface area (Å²) >= 11 is 0. The molecule has 0 aromatic heterocycles. The topological polar surface area (TPSA) is 287 Å². The largest absolute Gasteiger partial charge is 0.481 e. The number of unbranched alkanes of at least 4 members (excludes halogenated alkanes) is 15. The van der Waals surface area contributed by atoms with Crippen LogP contribution in [0.15, 0.2) is 0 Å². The number of carboxylic acid groups (broad SMARTS) is 3. The van der Waals surface area contributed by atoms with Gasteiger partial charge >= 0.3 is 17.9 Å². The van der Waals surface area contributed by atoms with E-state index in [0.29, 0.717) is 51.9 Å². The van der Waals surface area contributed by atoms with Crippen LogP contribution in [0.5, 0.6) is 0 Å². The van der Waals surface area contributed by atoms with Crippen LogP contribution in [0.4, 0.5) is 0 Å². The second kappa shape index (κ2) is 45.1. The van der Waals surface area contributed by atoms with Gasteiger partial charge in [-0.3, -0.25) is 43.2 Å². The summed E-state index contributed by atoms with van der Waals surface area (Å²) in [5.74, 6) is -5.56. The molecule has 1 aliphatic carbocycles. The summed E-state index contributed by atoms with van der Waals surface area (Å²) in [6.45, 7) is 1.92. The van der Waals surface area contributed by atoms with E-state index < -0.39 is 35.8 Å². The van der Waals surface area contributed by atoms with Crippen molar-refractivity contribution in [1.29, 1.82) is 0 Å². The molecule has 0 aromatic rings. The number of ether oxygens (including phenoxy) is 4. The number of ketones is 3. The third-order valence-electron chi connectivity index (χ3n) is 13.3. The summed E-state index contributed by atoms with van der Waals surface area (Å²) in [5.41, 5.74) is 0. The third-order valence-corrected chi connectivity index (χ3v) is 13.3. The molecule has 0 saturated heterocycles. The van der Waals surface area contributed by atoms with Crippen LogP contribution in [0.2, 0.25) is 0 Å². The molecule has 1 aliphatic rings. The lowest BCUT2D eigenvalue weighted by molar-refractivity contribution is -0.145. The Hall–Kier alpha value is -4.33. The molecule has 0 aliphatic heterocycles. The first-order valence-electron chi connectivity index (χ1n) is 27.5. The Morgan fingerprint density at radius 2 is 0.973 bits per heavy atom. The number of nitrogens with one attached hydrogen (secondary N) is 3.